The molecule has 114 valence electrons. The van der Waals surface area contributed by atoms with Gasteiger partial charge >= 0.3 is 0 Å². The number of aryl methyl sites for hydroxylation is 2. The van der Waals surface area contributed by atoms with E-state index in [2.05, 4.69) is 71.5 Å². The molecule has 0 saturated carbocycles. The summed E-state index contributed by atoms with van der Waals surface area (Å²) >= 11 is 5.52. The third-order valence-corrected chi connectivity index (χ3v) is 5.91. The van der Waals surface area contributed by atoms with Gasteiger partial charge in [-0.15, -0.1) is 11.3 Å². The minimum atomic E-state index is 0.490. The summed E-state index contributed by atoms with van der Waals surface area (Å²) in [5.41, 5.74) is 2.79. The summed E-state index contributed by atoms with van der Waals surface area (Å²) in [6.45, 7) is 5.49. The highest BCUT2D eigenvalue weighted by Crippen LogP contribution is 2.33. The van der Waals surface area contributed by atoms with Crippen LogP contribution in [0.2, 0.25) is 0 Å². The molecule has 1 nitrogen and oxygen atoms in total. The van der Waals surface area contributed by atoms with Crippen molar-refractivity contribution in [3.05, 3.63) is 56.2 Å². The molecule has 1 unspecified atom stereocenters. The fourth-order valence-corrected chi connectivity index (χ4v) is 4.15. The first-order chi connectivity index (χ1) is 10.2. The first-order valence-electron chi connectivity index (χ1n) is 7.74. The van der Waals surface area contributed by atoms with Crippen molar-refractivity contribution in [2.75, 3.05) is 6.54 Å². The van der Waals surface area contributed by atoms with E-state index in [1.165, 1.54) is 39.1 Å². The standard InChI is InChI=1S/C18H24BrNS/c1-3-12-20-16(17-13-14(2)18(19)21-17)11-7-10-15-8-5-4-6-9-15/h4-6,8-9,13,16,20H,3,7,10-12H2,1-2H3. The van der Waals surface area contributed by atoms with Crippen LogP contribution in [-0.2, 0) is 6.42 Å². The molecule has 0 amide bonds. The Labute approximate surface area is 140 Å². The Kier molecular flexibility index (Phi) is 6.94. The average molecular weight is 366 g/mol. The summed E-state index contributed by atoms with van der Waals surface area (Å²) in [5.74, 6) is 0. The number of benzene rings is 1. The number of hydrogen-bond donors (Lipinski definition) is 1. The summed E-state index contributed by atoms with van der Waals surface area (Å²) in [7, 11) is 0. The van der Waals surface area contributed by atoms with Gasteiger partial charge in [-0.05, 0) is 72.3 Å². The van der Waals surface area contributed by atoms with Crippen molar-refractivity contribution in [3.63, 3.8) is 0 Å². The Morgan fingerprint density at radius 3 is 2.62 bits per heavy atom. The third-order valence-electron chi connectivity index (χ3n) is 3.66. The molecule has 1 aromatic heterocycles. The molecule has 1 N–H and O–H groups in total. The monoisotopic (exact) mass is 365 g/mol. The molecular formula is C18H24BrNS. The van der Waals surface area contributed by atoms with Crippen LogP contribution >= 0.6 is 27.3 Å². The van der Waals surface area contributed by atoms with Gasteiger partial charge in [0.05, 0.1) is 3.79 Å². The van der Waals surface area contributed by atoms with E-state index in [1.807, 2.05) is 11.3 Å². The van der Waals surface area contributed by atoms with Crippen LogP contribution in [0.5, 0.6) is 0 Å². The van der Waals surface area contributed by atoms with E-state index in [0.29, 0.717) is 6.04 Å². The zero-order valence-electron chi connectivity index (χ0n) is 12.9. The van der Waals surface area contributed by atoms with Crippen molar-refractivity contribution in [1.29, 1.82) is 0 Å². The van der Waals surface area contributed by atoms with E-state index in [-0.39, 0.29) is 0 Å². The minimum Gasteiger partial charge on any atom is -0.309 e. The van der Waals surface area contributed by atoms with Crippen LogP contribution in [0.25, 0.3) is 0 Å². The van der Waals surface area contributed by atoms with Crippen LogP contribution in [0.3, 0.4) is 0 Å². The van der Waals surface area contributed by atoms with Crippen LogP contribution in [0.4, 0.5) is 0 Å². The highest BCUT2D eigenvalue weighted by atomic mass is 79.9. The smallest absolute Gasteiger partial charge is 0.0731 e. The molecule has 0 radical (unpaired) electrons. The third kappa shape index (κ3) is 5.24. The maximum absolute atomic E-state index is 3.70. The lowest BCUT2D eigenvalue weighted by atomic mass is 10.0. The van der Waals surface area contributed by atoms with Gasteiger partial charge in [0.1, 0.15) is 0 Å². The Bertz CT molecular complexity index is 516. The van der Waals surface area contributed by atoms with Crippen molar-refractivity contribution in [2.24, 2.45) is 0 Å². The zero-order valence-corrected chi connectivity index (χ0v) is 15.3. The van der Waals surface area contributed by atoms with Crippen molar-refractivity contribution >= 4 is 27.3 Å². The first kappa shape index (κ1) is 16.7. The van der Waals surface area contributed by atoms with Crippen molar-refractivity contribution in [3.8, 4) is 0 Å². The lowest BCUT2D eigenvalue weighted by Gasteiger charge is -2.17. The second kappa shape index (κ2) is 8.72. The van der Waals surface area contributed by atoms with Crippen LogP contribution < -0.4 is 5.32 Å². The second-order valence-corrected chi connectivity index (χ2v) is 7.89. The maximum atomic E-state index is 3.70. The van der Waals surface area contributed by atoms with Crippen LogP contribution in [-0.4, -0.2) is 6.54 Å². The molecule has 0 aliphatic heterocycles. The molecule has 2 aromatic rings. The highest BCUT2D eigenvalue weighted by Gasteiger charge is 2.14. The molecule has 0 bridgehead atoms. The van der Waals surface area contributed by atoms with E-state index in [4.69, 9.17) is 0 Å². The van der Waals surface area contributed by atoms with E-state index >= 15 is 0 Å². The van der Waals surface area contributed by atoms with Gasteiger partial charge in [-0.25, -0.2) is 0 Å². The molecule has 1 atom stereocenters. The molecule has 0 fully saturated rings. The number of rotatable bonds is 8. The topological polar surface area (TPSA) is 12.0 Å². The van der Waals surface area contributed by atoms with Gasteiger partial charge in [0, 0.05) is 10.9 Å². The summed E-state index contributed by atoms with van der Waals surface area (Å²) in [4.78, 5) is 1.46. The van der Waals surface area contributed by atoms with Gasteiger partial charge in [0.15, 0.2) is 0 Å². The molecule has 0 aliphatic rings. The molecule has 0 saturated heterocycles. The van der Waals surface area contributed by atoms with E-state index in [9.17, 15) is 0 Å². The highest BCUT2D eigenvalue weighted by molar-refractivity contribution is 9.11. The predicted molar refractivity (Wildman–Crippen MR) is 97.2 cm³/mol. The van der Waals surface area contributed by atoms with E-state index in [1.54, 1.807) is 0 Å². The number of thiophene rings is 1. The van der Waals surface area contributed by atoms with Gasteiger partial charge in [-0.1, -0.05) is 37.3 Å². The summed E-state index contributed by atoms with van der Waals surface area (Å²) < 4.78 is 1.27. The Balaban J connectivity index is 1.93. The molecular weight excluding hydrogens is 342 g/mol. The van der Waals surface area contributed by atoms with Gasteiger partial charge < -0.3 is 5.32 Å². The van der Waals surface area contributed by atoms with Gasteiger partial charge in [0.25, 0.3) is 0 Å². The summed E-state index contributed by atoms with van der Waals surface area (Å²) in [6, 6.07) is 13.6. The molecule has 0 spiro atoms. The van der Waals surface area contributed by atoms with Gasteiger partial charge in [0.2, 0.25) is 0 Å². The molecule has 0 aliphatic carbocycles. The molecule has 3 heteroatoms. The van der Waals surface area contributed by atoms with E-state index in [0.717, 1.165) is 13.0 Å². The van der Waals surface area contributed by atoms with Crippen LogP contribution in [0, 0.1) is 6.92 Å². The summed E-state index contributed by atoms with van der Waals surface area (Å²) in [6.07, 6.45) is 4.76. The second-order valence-electron chi connectivity index (χ2n) is 5.49. The fraction of sp³-hybridized carbons (Fsp3) is 0.444. The first-order valence-corrected chi connectivity index (χ1v) is 9.34. The zero-order chi connectivity index (χ0) is 15.1. The largest absolute Gasteiger partial charge is 0.309 e. The van der Waals surface area contributed by atoms with Crippen molar-refractivity contribution in [2.45, 2.75) is 45.6 Å². The number of halogens is 1. The molecule has 1 aromatic carbocycles. The predicted octanol–water partition coefficient (Wildman–Crippen LogP) is 5.88. The average Bonchev–Trinajstić information content (AvgIpc) is 2.83. The Morgan fingerprint density at radius 2 is 2.00 bits per heavy atom. The van der Waals surface area contributed by atoms with Crippen molar-refractivity contribution in [1.82, 2.24) is 5.32 Å². The number of nitrogens with one attached hydrogen (secondary N) is 1. The maximum Gasteiger partial charge on any atom is 0.0731 e. The lowest BCUT2D eigenvalue weighted by Crippen LogP contribution is -2.21. The lowest BCUT2D eigenvalue weighted by molar-refractivity contribution is 0.490. The molecule has 1 heterocycles. The quantitative estimate of drug-likeness (QED) is 0.615. The fourth-order valence-electron chi connectivity index (χ4n) is 2.47. The van der Waals surface area contributed by atoms with E-state index < -0.39 is 0 Å². The Hall–Kier alpha value is -0.640. The van der Waals surface area contributed by atoms with Gasteiger partial charge in [-0.2, -0.15) is 0 Å². The van der Waals surface area contributed by atoms with Crippen LogP contribution in [0.1, 0.15) is 48.2 Å². The summed E-state index contributed by atoms with van der Waals surface area (Å²) in [5, 5.41) is 3.70. The molecule has 21 heavy (non-hydrogen) atoms. The molecule has 2 rings (SSSR count). The SMILES string of the molecule is CCCNC(CCCc1ccccc1)c1cc(C)c(Br)s1. The van der Waals surface area contributed by atoms with Crippen molar-refractivity contribution < 1.29 is 0 Å². The Morgan fingerprint density at radius 1 is 1.24 bits per heavy atom. The normalized spacial score (nSPS) is 12.5. The van der Waals surface area contributed by atoms with Crippen LogP contribution in [0.15, 0.2) is 40.2 Å². The number of hydrogen-bond acceptors (Lipinski definition) is 2. The van der Waals surface area contributed by atoms with Gasteiger partial charge in [-0.3, -0.25) is 0 Å². The minimum absolute atomic E-state index is 0.490.